The number of nitrogens with zero attached hydrogens (tertiary/aromatic N) is 2. The fourth-order valence-electron chi connectivity index (χ4n) is 8.30. The summed E-state index contributed by atoms with van der Waals surface area (Å²) in [5.41, 5.74) is 7.56. The summed E-state index contributed by atoms with van der Waals surface area (Å²) < 4.78 is 12.0. The number of benzene rings is 1. The van der Waals surface area contributed by atoms with Crippen LogP contribution in [0.3, 0.4) is 0 Å². The minimum Gasteiger partial charge on any atom is -0.379 e. The summed E-state index contributed by atoms with van der Waals surface area (Å²) >= 11 is 0. The Balaban J connectivity index is 1.80. The van der Waals surface area contributed by atoms with Crippen LogP contribution >= 0.6 is 0 Å². The van der Waals surface area contributed by atoms with E-state index in [2.05, 4.69) is 20.9 Å². The number of hydrogen-bond donors (Lipinski definition) is 5. The van der Waals surface area contributed by atoms with Gasteiger partial charge in [-0.1, -0.05) is 73.1 Å². The lowest BCUT2D eigenvalue weighted by atomic mass is 9.89. The monoisotopic (exact) mass is 784 g/mol. The van der Waals surface area contributed by atoms with Crippen molar-refractivity contribution in [3.63, 3.8) is 0 Å². The highest BCUT2D eigenvalue weighted by atomic mass is 16.5. The van der Waals surface area contributed by atoms with Crippen LogP contribution in [0.5, 0.6) is 0 Å². The third-order valence-corrected chi connectivity index (χ3v) is 11.7. The second-order valence-electron chi connectivity index (χ2n) is 16.0. The molecule has 0 spiro atoms. The number of likely N-dealkylation sites (N-methyl/N-ethyl adjacent to an activating group) is 2. The van der Waals surface area contributed by atoms with Crippen LogP contribution in [0.1, 0.15) is 86.6 Å². The van der Waals surface area contributed by atoms with Gasteiger partial charge in [0.05, 0.1) is 42.7 Å². The molecule has 1 aliphatic heterocycles. The zero-order valence-electron chi connectivity index (χ0n) is 35.5. The van der Waals surface area contributed by atoms with Gasteiger partial charge in [-0.2, -0.15) is 0 Å². The Morgan fingerprint density at radius 3 is 2.16 bits per heavy atom. The number of carbonyl (C=O) groups excluding carboxylic acids is 5. The molecule has 14 nitrogen and oxygen atoms in total. The number of nitrogens with one attached hydrogen (secondary N) is 4. The molecule has 3 rings (SSSR count). The van der Waals surface area contributed by atoms with Crippen molar-refractivity contribution in [2.45, 2.75) is 130 Å². The third-order valence-electron chi connectivity index (χ3n) is 11.7. The second kappa shape index (κ2) is 21.5. The number of ether oxygens (including phenoxy) is 2. The maximum Gasteiger partial charge on any atom is 0.245 e. The average molecular weight is 784 g/mol. The third kappa shape index (κ3) is 11.1. The molecule has 0 saturated carbocycles. The van der Waals surface area contributed by atoms with Gasteiger partial charge >= 0.3 is 0 Å². The molecule has 2 heterocycles. The van der Waals surface area contributed by atoms with Crippen LogP contribution in [-0.4, -0.2) is 121 Å². The molecular weight excluding hydrogens is 715 g/mol. The van der Waals surface area contributed by atoms with E-state index in [0.717, 1.165) is 29.3 Å². The lowest BCUT2D eigenvalue weighted by molar-refractivity contribution is -0.149. The van der Waals surface area contributed by atoms with E-state index in [-0.39, 0.29) is 48.3 Å². The number of methoxy groups -OCH3 is 2. The van der Waals surface area contributed by atoms with E-state index >= 15 is 0 Å². The second-order valence-corrected chi connectivity index (χ2v) is 16.0. The Morgan fingerprint density at radius 2 is 1.61 bits per heavy atom. The van der Waals surface area contributed by atoms with Gasteiger partial charge in [-0.3, -0.25) is 24.0 Å². The molecule has 1 aromatic heterocycles. The van der Waals surface area contributed by atoms with Gasteiger partial charge in [-0.15, -0.1) is 0 Å². The van der Waals surface area contributed by atoms with Crippen LogP contribution in [0.2, 0.25) is 0 Å². The number of aromatic amines is 1. The number of carbonyl (C=O) groups is 5. The van der Waals surface area contributed by atoms with Crippen LogP contribution in [-0.2, 0) is 39.9 Å². The molecular formula is C42H69N7O7. The van der Waals surface area contributed by atoms with Crippen molar-refractivity contribution in [1.29, 1.82) is 0 Å². The fourth-order valence-corrected chi connectivity index (χ4v) is 8.30. The summed E-state index contributed by atoms with van der Waals surface area (Å²) in [7, 11) is 4.82. The smallest absolute Gasteiger partial charge is 0.245 e. The van der Waals surface area contributed by atoms with E-state index in [4.69, 9.17) is 15.2 Å². The van der Waals surface area contributed by atoms with Crippen molar-refractivity contribution in [2.75, 3.05) is 34.4 Å². The van der Waals surface area contributed by atoms with E-state index < -0.39 is 60.1 Å². The normalized spacial score (nSPS) is 18.9. The van der Waals surface area contributed by atoms with Gasteiger partial charge < -0.3 is 45.9 Å². The average Bonchev–Trinajstić information content (AvgIpc) is 3.82. The van der Waals surface area contributed by atoms with Crippen LogP contribution in [0, 0.1) is 23.7 Å². The van der Waals surface area contributed by atoms with Crippen molar-refractivity contribution in [1.82, 2.24) is 30.7 Å². The van der Waals surface area contributed by atoms with Crippen LogP contribution in [0.4, 0.5) is 0 Å². The van der Waals surface area contributed by atoms with Crippen molar-refractivity contribution in [3.05, 3.63) is 36.0 Å². The van der Waals surface area contributed by atoms with E-state index in [9.17, 15) is 24.0 Å². The Hall–Kier alpha value is -4.01. The topological polar surface area (TPSA) is 188 Å². The number of H-pyrrole nitrogens is 1. The summed E-state index contributed by atoms with van der Waals surface area (Å²) in [5.74, 6) is -2.58. The summed E-state index contributed by atoms with van der Waals surface area (Å²) in [6.07, 6.45) is 2.82. The molecule has 1 aliphatic rings. The zero-order valence-corrected chi connectivity index (χ0v) is 35.5. The number of para-hydroxylation sites is 1. The highest BCUT2D eigenvalue weighted by molar-refractivity contribution is 5.91. The molecule has 5 amide bonds. The molecule has 0 radical (unpaired) electrons. The first-order valence-corrected chi connectivity index (χ1v) is 20.3. The predicted molar refractivity (Wildman–Crippen MR) is 218 cm³/mol. The highest BCUT2D eigenvalue weighted by Crippen LogP contribution is 2.30. The summed E-state index contributed by atoms with van der Waals surface area (Å²) in [6.45, 7) is 16.3. The van der Waals surface area contributed by atoms with Crippen LogP contribution < -0.4 is 21.7 Å². The lowest BCUT2D eigenvalue weighted by Crippen LogP contribution is -2.60. The molecule has 0 unspecified atom stereocenters. The number of primary amides is 1. The number of fused-ring (bicyclic) bond motifs is 1. The summed E-state index contributed by atoms with van der Waals surface area (Å²) in [4.78, 5) is 75.0. The van der Waals surface area contributed by atoms with Gasteiger partial charge in [-0.25, -0.2) is 0 Å². The van der Waals surface area contributed by atoms with Gasteiger partial charge in [0.25, 0.3) is 0 Å². The quantitative estimate of drug-likeness (QED) is 0.120. The van der Waals surface area contributed by atoms with E-state index in [1.165, 1.54) is 7.11 Å². The number of hydrogen-bond acceptors (Lipinski definition) is 8. The lowest BCUT2D eigenvalue weighted by Gasteiger charge is -2.42. The van der Waals surface area contributed by atoms with E-state index in [1.807, 2.05) is 78.9 Å². The number of nitrogens with two attached hydrogens (primary N) is 1. The van der Waals surface area contributed by atoms with Gasteiger partial charge in [0.2, 0.25) is 29.5 Å². The molecule has 1 aromatic carbocycles. The minimum absolute atomic E-state index is 0.00501. The Kier molecular flexibility index (Phi) is 17.8. The first-order valence-electron chi connectivity index (χ1n) is 20.3. The van der Waals surface area contributed by atoms with E-state index in [0.29, 0.717) is 19.5 Å². The number of likely N-dealkylation sites (tertiary alicyclic amines) is 1. The SMILES string of the molecule is CC[C@H](C)[C@@H]([C@@H](CC(=O)N1CCC[C@H]1[C@H](OC)[C@@H](C)C(=O)N[C@@H](Cc1c[nH]c2ccccc12)C(N)=O)OC)N(CC)C(=O)[C@@H](NC(=O)[C@@H](NC)C(C)C)C(C)C. The largest absolute Gasteiger partial charge is 0.379 e. The standard InChI is InChI=1S/C42H69N7O7/c1-12-26(7)37(48(13-2)42(54)36(25(5)6)47-41(53)35(44-9)24(3)4)33(55-10)22-34(50)49-20-16-19-32(49)38(56-11)27(8)40(52)46-31(39(43)51)21-28-23-45-30-18-15-14-17-29(28)30/h14-15,17-18,23-27,31-33,35-38,44-45H,12-13,16,19-22H2,1-11H3,(H2,43,51)(H,46,52)(H,47,53)/t26-,27+,31-,32-,33+,35-,36-,37-,38+/m0/s1. The minimum atomic E-state index is -0.948. The molecule has 1 fully saturated rings. The molecule has 6 N–H and O–H groups in total. The van der Waals surface area contributed by atoms with Crippen molar-refractivity contribution in [2.24, 2.45) is 29.4 Å². The van der Waals surface area contributed by atoms with Crippen LogP contribution in [0.15, 0.2) is 30.5 Å². The van der Waals surface area contributed by atoms with Crippen molar-refractivity contribution in [3.8, 4) is 0 Å². The molecule has 314 valence electrons. The molecule has 0 bridgehead atoms. The van der Waals surface area contributed by atoms with Gasteiger partial charge in [0, 0.05) is 50.8 Å². The summed E-state index contributed by atoms with van der Waals surface area (Å²) in [6, 6.07) is 4.68. The van der Waals surface area contributed by atoms with E-state index in [1.54, 1.807) is 30.9 Å². The molecule has 2 aromatic rings. The Labute approximate surface area is 333 Å². The predicted octanol–water partition coefficient (Wildman–Crippen LogP) is 3.38. The molecule has 9 atom stereocenters. The molecule has 56 heavy (non-hydrogen) atoms. The molecule has 1 saturated heterocycles. The number of amides is 5. The Bertz CT molecular complexity index is 1610. The number of aromatic nitrogens is 1. The Morgan fingerprint density at radius 1 is 0.946 bits per heavy atom. The maximum atomic E-state index is 14.4. The van der Waals surface area contributed by atoms with Gasteiger partial charge in [-0.05, 0) is 56.2 Å². The van der Waals surface area contributed by atoms with Gasteiger partial charge in [0.1, 0.15) is 12.1 Å². The first kappa shape index (κ1) is 46.4. The molecule has 14 heteroatoms. The van der Waals surface area contributed by atoms with Crippen molar-refractivity contribution < 1.29 is 33.4 Å². The summed E-state index contributed by atoms with van der Waals surface area (Å²) in [5, 5.41) is 9.87. The maximum absolute atomic E-state index is 14.4. The van der Waals surface area contributed by atoms with Gasteiger partial charge in [0.15, 0.2) is 0 Å². The highest BCUT2D eigenvalue weighted by Gasteiger charge is 2.43. The van der Waals surface area contributed by atoms with Crippen LogP contribution in [0.25, 0.3) is 10.9 Å². The molecule has 0 aliphatic carbocycles. The zero-order chi connectivity index (χ0) is 41.9. The first-order chi connectivity index (χ1) is 26.6. The fraction of sp³-hybridized carbons (Fsp3) is 0.690. The number of rotatable bonds is 22. The van der Waals surface area contributed by atoms with Crippen molar-refractivity contribution >= 4 is 40.4 Å².